The van der Waals surface area contributed by atoms with Crippen molar-refractivity contribution in [1.82, 2.24) is 9.97 Å². The number of benzene rings is 2. The van der Waals surface area contributed by atoms with E-state index >= 15 is 0 Å². The van der Waals surface area contributed by atoms with Gasteiger partial charge in [-0.2, -0.15) is 0 Å². The zero-order valence-electron chi connectivity index (χ0n) is 14.4. The topological polar surface area (TPSA) is 58.0 Å². The number of fused-ring (bicyclic) bond motifs is 1. The van der Waals surface area contributed by atoms with Gasteiger partial charge >= 0.3 is 0 Å². The van der Waals surface area contributed by atoms with Crippen LogP contribution in [0.1, 0.15) is 23.2 Å². The smallest absolute Gasteiger partial charge is 0.142 e. The number of phenolic OH excluding ortho intramolecular Hbond substituents is 1. The van der Waals surface area contributed by atoms with Gasteiger partial charge in [0.25, 0.3) is 0 Å². The number of aromatic nitrogens is 2. The first-order valence-corrected chi connectivity index (χ1v) is 9.42. The number of nitrogens with zero attached hydrogens (tertiary/aromatic N) is 2. The molecule has 2 aromatic heterocycles. The molecule has 0 fully saturated rings. The lowest BCUT2D eigenvalue weighted by Gasteiger charge is -2.09. The van der Waals surface area contributed by atoms with Crippen LogP contribution in [-0.4, -0.2) is 15.1 Å². The molecule has 0 radical (unpaired) electrons. The maximum Gasteiger partial charge on any atom is 0.142 e. The standard InChI is InChI=1S/C21H19N3OS/c1-2-17-13-18-20(22-15-9-6-10-16(25)12-15)23-19(24-21(18)26-17)11-14-7-4-3-5-8-14/h3-10,12-13,25H,2,11H2,1H3,(H,22,23,24). The van der Waals surface area contributed by atoms with Crippen LogP contribution in [-0.2, 0) is 12.8 Å². The summed E-state index contributed by atoms with van der Waals surface area (Å²) in [5.74, 6) is 1.79. The first kappa shape index (κ1) is 16.5. The van der Waals surface area contributed by atoms with Crippen molar-refractivity contribution < 1.29 is 5.11 Å². The Morgan fingerprint density at radius 1 is 1.00 bits per heavy atom. The summed E-state index contributed by atoms with van der Waals surface area (Å²) in [6.45, 7) is 2.14. The summed E-state index contributed by atoms with van der Waals surface area (Å²) in [6, 6.07) is 19.5. The summed E-state index contributed by atoms with van der Waals surface area (Å²) in [5.41, 5.74) is 1.99. The lowest BCUT2D eigenvalue weighted by atomic mass is 10.1. The van der Waals surface area contributed by atoms with Crippen molar-refractivity contribution in [3.63, 3.8) is 0 Å². The molecule has 0 amide bonds. The maximum atomic E-state index is 9.73. The van der Waals surface area contributed by atoms with Crippen LogP contribution in [0.3, 0.4) is 0 Å². The Hall–Kier alpha value is -2.92. The van der Waals surface area contributed by atoms with Gasteiger partial charge in [-0.25, -0.2) is 9.97 Å². The van der Waals surface area contributed by atoms with E-state index in [2.05, 4.69) is 30.4 Å². The summed E-state index contributed by atoms with van der Waals surface area (Å²) in [4.78, 5) is 11.8. The highest BCUT2D eigenvalue weighted by Crippen LogP contribution is 2.32. The number of anilines is 2. The molecule has 0 saturated heterocycles. The fourth-order valence-corrected chi connectivity index (χ4v) is 3.85. The molecular weight excluding hydrogens is 342 g/mol. The first-order chi connectivity index (χ1) is 12.7. The highest BCUT2D eigenvalue weighted by molar-refractivity contribution is 7.18. The van der Waals surface area contributed by atoms with Gasteiger partial charge < -0.3 is 10.4 Å². The van der Waals surface area contributed by atoms with Crippen LogP contribution < -0.4 is 5.32 Å². The molecule has 0 atom stereocenters. The molecule has 130 valence electrons. The van der Waals surface area contributed by atoms with Crippen molar-refractivity contribution in [3.05, 3.63) is 76.9 Å². The molecular formula is C21H19N3OS. The highest BCUT2D eigenvalue weighted by Gasteiger charge is 2.12. The second-order valence-electron chi connectivity index (χ2n) is 6.11. The van der Waals surface area contributed by atoms with Crippen molar-refractivity contribution in [2.45, 2.75) is 19.8 Å². The van der Waals surface area contributed by atoms with E-state index in [1.165, 1.54) is 10.4 Å². The van der Waals surface area contributed by atoms with Crippen LogP contribution in [0.5, 0.6) is 5.75 Å². The minimum atomic E-state index is 0.226. The van der Waals surface area contributed by atoms with E-state index in [9.17, 15) is 5.11 Å². The van der Waals surface area contributed by atoms with Gasteiger partial charge in [0.2, 0.25) is 0 Å². The average Bonchev–Trinajstić information content (AvgIpc) is 3.06. The van der Waals surface area contributed by atoms with Crippen LogP contribution in [0.25, 0.3) is 10.2 Å². The molecule has 4 rings (SSSR count). The van der Waals surface area contributed by atoms with Gasteiger partial charge in [0.1, 0.15) is 22.2 Å². The molecule has 2 aromatic carbocycles. The molecule has 5 heteroatoms. The quantitative estimate of drug-likeness (QED) is 0.507. The molecule has 4 aromatic rings. The number of rotatable bonds is 5. The number of hydrogen-bond acceptors (Lipinski definition) is 5. The molecule has 4 nitrogen and oxygen atoms in total. The number of thiophene rings is 1. The summed E-state index contributed by atoms with van der Waals surface area (Å²) in [6.07, 6.45) is 1.66. The fourth-order valence-electron chi connectivity index (χ4n) is 2.86. The molecule has 2 heterocycles. The number of phenols is 1. The van der Waals surface area contributed by atoms with Crippen LogP contribution >= 0.6 is 11.3 Å². The minimum absolute atomic E-state index is 0.226. The van der Waals surface area contributed by atoms with E-state index in [4.69, 9.17) is 9.97 Å². The van der Waals surface area contributed by atoms with Gasteiger partial charge in [-0.05, 0) is 30.2 Å². The van der Waals surface area contributed by atoms with E-state index < -0.39 is 0 Å². The normalized spacial score (nSPS) is 11.0. The molecule has 0 spiro atoms. The van der Waals surface area contributed by atoms with Gasteiger partial charge in [0, 0.05) is 23.1 Å². The third-order valence-electron chi connectivity index (χ3n) is 4.15. The maximum absolute atomic E-state index is 9.73. The second kappa shape index (κ2) is 7.14. The molecule has 2 N–H and O–H groups in total. The lowest BCUT2D eigenvalue weighted by molar-refractivity contribution is 0.475. The average molecular weight is 361 g/mol. The number of aromatic hydroxyl groups is 1. The molecule has 0 aliphatic carbocycles. The van der Waals surface area contributed by atoms with Gasteiger partial charge in [0.15, 0.2) is 0 Å². The van der Waals surface area contributed by atoms with Crippen molar-refractivity contribution in [2.24, 2.45) is 0 Å². The van der Waals surface area contributed by atoms with Crippen LogP contribution in [0.15, 0.2) is 60.7 Å². The highest BCUT2D eigenvalue weighted by atomic mass is 32.1. The van der Waals surface area contributed by atoms with E-state index in [1.807, 2.05) is 30.3 Å². The predicted octanol–water partition coefficient (Wildman–Crippen LogP) is 5.29. The van der Waals surface area contributed by atoms with Crippen molar-refractivity contribution in [3.8, 4) is 5.75 Å². The first-order valence-electron chi connectivity index (χ1n) is 8.60. The second-order valence-corrected chi connectivity index (χ2v) is 7.23. The van der Waals surface area contributed by atoms with E-state index in [0.29, 0.717) is 6.42 Å². The molecule has 0 bridgehead atoms. The Kier molecular flexibility index (Phi) is 4.54. The molecule has 0 aliphatic rings. The largest absolute Gasteiger partial charge is 0.508 e. The lowest BCUT2D eigenvalue weighted by Crippen LogP contribution is -2.01. The predicted molar refractivity (Wildman–Crippen MR) is 107 cm³/mol. The van der Waals surface area contributed by atoms with Gasteiger partial charge in [-0.3, -0.25) is 0 Å². The van der Waals surface area contributed by atoms with Crippen molar-refractivity contribution >= 4 is 33.1 Å². The van der Waals surface area contributed by atoms with Gasteiger partial charge in [-0.1, -0.05) is 43.3 Å². The van der Waals surface area contributed by atoms with Crippen molar-refractivity contribution in [2.75, 3.05) is 5.32 Å². The Balaban J connectivity index is 1.76. The van der Waals surface area contributed by atoms with Crippen LogP contribution in [0, 0.1) is 0 Å². The third kappa shape index (κ3) is 3.53. The number of nitrogens with one attached hydrogen (secondary N) is 1. The molecule has 0 saturated carbocycles. The molecule has 0 aliphatic heterocycles. The summed E-state index contributed by atoms with van der Waals surface area (Å²) >= 11 is 1.71. The summed E-state index contributed by atoms with van der Waals surface area (Å²) in [7, 11) is 0. The Bertz CT molecular complexity index is 1040. The van der Waals surface area contributed by atoms with E-state index in [0.717, 1.165) is 34.0 Å². The third-order valence-corrected chi connectivity index (χ3v) is 5.33. The van der Waals surface area contributed by atoms with Crippen LogP contribution in [0.4, 0.5) is 11.5 Å². The minimum Gasteiger partial charge on any atom is -0.508 e. The Morgan fingerprint density at radius 2 is 1.85 bits per heavy atom. The van der Waals surface area contributed by atoms with Gasteiger partial charge in [0.05, 0.1) is 5.39 Å². The summed E-state index contributed by atoms with van der Waals surface area (Å²) < 4.78 is 0. The summed E-state index contributed by atoms with van der Waals surface area (Å²) in [5, 5.41) is 14.1. The Labute approximate surface area is 156 Å². The van der Waals surface area contributed by atoms with E-state index in [-0.39, 0.29) is 5.75 Å². The number of hydrogen-bond donors (Lipinski definition) is 2. The van der Waals surface area contributed by atoms with E-state index in [1.54, 1.807) is 23.5 Å². The number of aryl methyl sites for hydroxylation is 1. The fraction of sp³-hybridized carbons (Fsp3) is 0.143. The van der Waals surface area contributed by atoms with Crippen molar-refractivity contribution in [1.29, 1.82) is 0 Å². The monoisotopic (exact) mass is 361 g/mol. The van der Waals surface area contributed by atoms with Gasteiger partial charge in [-0.15, -0.1) is 11.3 Å². The molecule has 0 unspecified atom stereocenters. The SMILES string of the molecule is CCc1cc2c(Nc3cccc(O)c3)nc(Cc3ccccc3)nc2s1. The van der Waals surface area contributed by atoms with Crippen LogP contribution in [0.2, 0.25) is 0 Å². The zero-order chi connectivity index (χ0) is 17.9. The molecule has 26 heavy (non-hydrogen) atoms. The Morgan fingerprint density at radius 3 is 2.62 bits per heavy atom. The zero-order valence-corrected chi connectivity index (χ0v) is 15.3.